The molecule has 0 spiro atoms. The van der Waals surface area contributed by atoms with Crippen molar-refractivity contribution in [3.8, 4) is 0 Å². The van der Waals surface area contributed by atoms with Crippen LogP contribution in [0.25, 0.3) is 0 Å². The molecule has 15 heavy (non-hydrogen) atoms. The fourth-order valence-electron chi connectivity index (χ4n) is 1.46. The van der Waals surface area contributed by atoms with E-state index in [0.717, 1.165) is 17.0 Å². The molecule has 0 fully saturated rings. The van der Waals surface area contributed by atoms with Crippen LogP contribution >= 0.6 is 0 Å². The number of ketones is 1. The van der Waals surface area contributed by atoms with E-state index < -0.39 is 0 Å². The van der Waals surface area contributed by atoms with Crippen LogP contribution in [0, 0.1) is 13.8 Å². The number of Topliss-reactive ketones (excluding diaryl/α,β-unsaturated/α-hetero) is 1. The van der Waals surface area contributed by atoms with Gasteiger partial charge in [-0.1, -0.05) is 0 Å². The molecular weight excluding hydrogens is 190 g/mol. The minimum atomic E-state index is 0.0601. The molecular formula is C12H19NO2. The number of aromatic nitrogens is 1. The summed E-state index contributed by atoms with van der Waals surface area (Å²) in [6.07, 6.45) is 0.0964. The molecule has 0 atom stereocenters. The Balaban J connectivity index is 2.78. The van der Waals surface area contributed by atoms with Gasteiger partial charge in [0.15, 0.2) is 5.78 Å². The number of nitrogens with zero attached hydrogens (tertiary/aromatic N) is 1. The Bertz CT molecular complexity index is 364. The lowest BCUT2D eigenvalue weighted by Gasteiger charge is -2.06. The normalized spacial score (nSPS) is 11.1. The van der Waals surface area contributed by atoms with Gasteiger partial charge in [0.05, 0.1) is 6.10 Å². The summed E-state index contributed by atoms with van der Waals surface area (Å²) < 4.78 is 7.32. The van der Waals surface area contributed by atoms with E-state index in [2.05, 4.69) is 0 Å². The Hall–Kier alpha value is -1.09. The van der Waals surface area contributed by atoms with E-state index in [0.29, 0.717) is 0 Å². The topological polar surface area (TPSA) is 31.2 Å². The first-order chi connectivity index (χ1) is 6.93. The van der Waals surface area contributed by atoms with E-state index in [4.69, 9.17) is 4.74 Å². The molecule has 0 aliphatic rings. The number of carbonyl (C=O) groups excluding carboxylic acids is 1. The van der Waals surface area contributed by atoms with Gasteiger partial charge in [-0.15, -0.1) is 0 Å². The minimum absolute atomic E-state index is 0.0601. The molecule has 84 valence electrons. The van der Waals surface area contributed by atoms with Crippen molar-refractivity contribution in [2.75, 3.05) is 6.61 Å². The largest absolute Gasteiger partial charge is 0.371 e. The predicted molar refractivity (Wildman–Crippen MR) is 60.3 cm³/mol. The number of rotatable bonds is 4. The van der Waals surface area contributed by atoms with Crippen LogP contribution in [0.5, 0.6) is 0 Å². The smallest absolute Gasteiger partial charge is 0.190 e. The first-order valence-electron chi connectivity index (χ1n) is 5.21. The second-order valence-corrected chi connectivity index (χ2v) is 4.13. The SMILES string of the molecule is Cc1cc(C(=O)COC(C)C)c(C)n1C. The summed E-state index contributed by atoms with van der Waals surface area (Å²) in [6.45, 7) is 7.97. The Labute approximate surface area is 91.0 Å². The molecule has 0 radical (unpaired) electrons. The van der Waals surface area contributed by atoms with Gasteiger partial charge in [-0.25, -0.2) is 0 Å². The fraction of sp³-hybridized carbons (Fsp3) is 0.583. The van der Waals surface area contributed by atoms with Crippen molar-refractivity contribution in [3.05, 3.63) is 23.0 Å². The van der Waals surface area contributed by atoms with Crippen LogP contribution in [-0.4, -0.2) is 23.1 Å². The number of ether oxygens (including phenoxy) is 1. The highest BCUT2D eigenvalue weighted by Gasteiger charge is 2.14. The number of hydrogen-bond donors (Lipinski definition) is 0. The van der Waals surface area contributed by atoms with Crippen molar-refractivity contribution in [3.63, 3.8) is 0 Å². The van der Waals surface area contributed by atoms with Crippen LogP contribution in [0.3, 0.4) is 0 Å². The highest BCUT2D eigenvalue weighted by atomic mass is 16.5. The van der Waals surface area contributed by atoms with Gasteiger partial charge in [0.2, 0.25) is 0 Å². The quantitative estimate of drug-likeness (QED) is 0.712. The van der Waals surface area contributed by atoms with Gasteiger partial charge in [0.1, 0.15) is 6.61 Å². The molecule has 0 unspecified atom stereocenters. The molecule has 0 bridgehead atoms. The van der Waals surface area contributed by atoms with E-state index in [-0.39, 0.29) is 18.5 Å². The Morgan fingerprint density at radius 1 is 1.47 bits per heavy atom. The summed E-state index contributed by atoms with van der Waals surface area (Å²) in [7, 11) is 1.96. The first kappa shape index (κ1) is 12.0. The molecule has 0 saturated heterocycles. The van der Waals surface area contributed by atoms with Crippen LogP contribution in [0.1, 0.15) is 35.6 Å². The number of carbonyl (C=O) groups is 1. The average Bonchev–Trinajstić information content (AvgIpc) is 2.42. The standard InChI is InChI=1S/C12H19NO2/c1-8(2)15-7-12(14)11-6-9(3)13(5)10(11)4/h6,8H,7H2,1-5H3. The van der Waals surface area contributed by atoms with E-state index in [1.54, 1.807) is 0 Å². The third kappa shape index (κ3) is 2.69. The van der Waals surface area contributed by atoms with Gasteiger partial charge >= 0.3 is 0 Å². The molecule has 1 rings (SSSR count). The zero-order valence-electron chi connectivity index (χ0n) is 10.1. The van der Waals surface area contributed by atoms with E-state index in [9.17, 15) is 4.79 Å². The lowest BCUT2D eigenvalue weighted by molar-refractivity contribution is 0.0584. The molecule has 0 aromatic carbocycles. The molecule has 1 aromatic heterocycles. The average molecular weight is 209 g/mol. The zero-order valence-corrected chi connectivity index (χ0v) is 10.1. The fourth-order valence-corrected chi connectivity index (χ4v) is 1.46. The van der Waals surface area contributed by atoms with Crippen LogP contribution < -0.4 is 0 Å². The van der Waals surface area contributed by atoms with Crippen molar-refractivity contribution >= 4 is 5.78 Å². The van der Waals surface area contributed by atoms with Crippen LogP contribution in [0.4, 0.5) is 0 Å². The van der Waals surface area contributed by atoms with Crippen molar-refractivity contribution in [1.29, 1.82) is 0 Å². The third-order valence-electron chi connectivity index (χ3n) is 2.62. The molecule has 0 aliphatic heterocycles. The molecule has 0 aliphatic carbocycles. The minimum Gasteiger partial charge on any atom is -0.371 e. The summed E-state index contributed by atoms with van der Waals surface area (Å²) in [5.41, 5.74) is 2.88. The molecule has 0 N–H and O–H groups in total. The highest BCUT2D eigenvalue weighted by molar-refractivity contribution is 5.98. The van der Waals surface area contributed by atoms with E-state index in [1.807, 2.05) is 45.4 Å². The predicted octanol–water partition coefficient (Wildman–Crippen LogP) is 2.25. The van der Waals surface area contributed by atoms with Gasteiger partial charge in [0, 0.05) is 24.0 Å². The summed E-state index contributed by atoms with van der Waals surface area (Å²) in [4.78, 5) is 11.8. The zero-order chi connectivity index (χ0) is 11.6. The monoisotopic (exact) mass is 209 g/mol. The molecule has 0 saturated carbocycles. The van der Waals surface area contributed by atoms with Gasteiger partial charge < -0.3 is 9.30 Å². The van der Waals surface area contributed by atoms with Crippen molar-refractivity contribution in [2.24, 2.45) is 7.05 Å². The Morgan fingerprint density at radius 3 is 2.47 bits per heavy atom. The van der Waals surface area contributed by atoms with Gasteiger partial charge in [-0.2, -0.15) is 0 Å². The number of aryl methyl sites for hydroxylation is 1. The van der Waals surface area contributed by atoms with Gasteiger partial charge in [-0.05, 0) is 33.8 Å². The van der Waals surface area contributed by atoms with E-state index >= 15 is 0 Å². The lowest BCUT2D eigenvalue weighted by Crippen LogP contribution is -2.14. The highest BCUT2D eigenvalue weighted by Crippen LogP contribution is 2.14. The van der Waals surface area contributed by atoms with Crippen LogP contribution in [0.2, 0.25) is 0 Å². The molecule has 0 amide bonds. The Morgan fingerprint density at radius 2 is 2.07 bits per heavy atom. The molecule has 3 heteroatoms. The number of hydrogen-bond acceptors (Lipinski definition) is 2. The molecule has 1 aromatic rings. The van der Waals surface area contributed by atoms with Crippen LogP contribution in [0.15, 0.2) is 6.07 Å². The maximum atomic E-state index is 11.8. The summed E-state index contributed by atoms with van der Waals surface area (Å²) in [5, 5.41) is 0. The lowest BCUT2D eigenvalue weighted by atomic mass is 10.1. The Kier molecular flexibility index (Phi) is 3.69. The second kappa shape index (κ2) is 4.62. The maximum Gasteiger partial charge on any atom is 0.190 e. The van der Waals surface area contributed by atoms with E-state index in [1.165, 1.54) is 0 Å². The van der Waals surface area contributed by atoms with Crippen molar-refractivity contribution < 1.29 is 9.53 Å². The second-order valence-electron chi connectivity index (χ2n) is 4.13. The van der Waals surface area contributed by atoms with Gasteiger partial charge in [-0.3, -0.25) is 4.79 Å². The summed E-state index contributed by atoms with van der Waals surface area (Å²) >= 11 is 0. The van der Waals surface area contributed by atoms with Gasteiger partial charge in [0.25, 0.3) is 0 Å². The van der Waals surface area contributed by atoms with Crippen LogP contribution in [-0.2, 0) is 11.8 Å². The van der Waals surface area contributed by atoms with Crippen molar-refractivity contribution in [2.45, 2.75) is 33.8 Å². The summed E-state index contributed by atoms with van der Waals surface area (Å²) in [6, 6.07) is 1.92. The summed E-state index contributed by atoms with van der Waals surface area (Å²) in [5.74, 6) is 0.0601. The maximum absolute atomic E-state index is 11.8. The first-order valence-corrected chi connectivity index (χ1v) is 5.21. The molecule has 3 nitrogen and oxygen atoms in total. The molecule has 1 heterocycles. The third-order valence-corrected chi connectivity index (χ3v) is 2.62. The van der Waals surface area contributed by atoms with Crippen molar-refractivity contribution in [1.82, 2.24) is 4.57 Å².